The molecule has 0 unspecified atom stereocenters. The number of hydrogen-bond acceptors (Lipinski definition) is 2. The fourth-order valence-electron chi connectivity index (χ4n) is 10.4. The van der Waals surface area contributed by atoms with E-state index in [0.717, 1.165) is 55.9 Å². The fourth-order valence-corrected chi connectivity index (χ4v) is 10.4. The van der Waals surface area contributed by atoms with Crippen molar-refractivity contribution in [3.8, 4) is 73.0 Å². The van der Waals surface area contributed by atoms with Crippen LogP contribution in [0.3, 0.4) is 0 Å². The van der Waals surface area contributed by atoms with Gasteiger partial charge in [-0.05, 0) is 96.0 Å². The molecule has 67 heavy (non-hydrogen) atoms. The number of hydrogen-bond donors (Lipinski definition) is 0. The number of benzene rings is 11. The van der Waals surface area contributed by atoms with Crippen LogP contribution in [0.4, 0.5) is 0 Å². The first-order valence-corrected chi connectivity index (χ1v) is 22.9. The summed E-state index contributed by atoms with van der Waals surface area (Å²) in [4.78, 5) is 10.5. The van der Waals surface area contributed by atoms with Crippen LogP contribution in [0, 0.1) is 0 Å². The van der Waals surface area contributed by atoms with Crippen molar-refractivity contribution < 1.29 is 0 Å². The number of nitrogens with zero attached hydrogens (tertiary/aromatic N) is 3. The molecule has 0 spiro atoms. The van der Waals surface area contributed by atoms with Crippen molar-refractivity contribution in [1.29, 1.82) is 0 Å². The van der Waals surface area contributed by atoms with Gasteiger partial charge in [-0.15, -0.1) is 0 Å². The Bertz CT molecular complexity index is 3990. The zero-order valence-electron chi connectivity index (χ0n) is 36.5. The van der Waals surface area contributed by atoms with Crippen molar-refractivity contribution in [2.24, 2.45) is 0 Å². The lowest BCUT2D eigenvalue weighted by molar-refractivity contribution is 1.18. The van der Waals surface area contributed by atoms with E-state index in [-0.39, 0.29) is 0 Å². The zero-order chi connectivity index (χ0) is 44.3. The van der Waals surface area contributed by atoms with Gasteiger partial charge >= 0.3 is 0 Å². The van der Waals surface area contributed by atoms with Gasteiger partial charge in [0.15, 0.2) is 5.82 Å². The molecule has 0 N–H and O–H groups in total. The molecule has 13 rings (SSSR count). The van der Waals surface area contributed by atoms with Gasteiger partial charge in [0.2, 0.25) is 0 Å². The van der Waals surface area contributed by atoms with Crippen LogP contribution in [0.2, 0.25) is 0 Å². The largest absolute Gasteiger partial charge is 0.309 e. The summed E-state index contributed by atoms with van der Waals surface area (Å²) in [6.45, 7) is 0. The maximum atomic E-state index is 5.29. The average Bonchev–Trinajstić information content (AvgIpc) is 3.75. The van der Waals surface area contributed by atoms with E-state index in [1.165, 1.54) is 65.3 Å². The molecule has 3 heteroatoms. The van der Waals surface area contributed by atoms with Gasteiger partial charge in [-0.1, -0.05) is 218 Å². The van der Waals surface area contributed by atoms with E-state index >= 15 is 0 Å². The molecule has 11 aromatic carbocycles. The second kappa shape index (κ2) is 16.0. The third kappa shape index (κ3) is 6.51. The molecule has 0 aliphatic carbocycles. The molecule has 0 aliphatic rings. The van der Waals surface area contributed by atoms with E-state index in [0.29, 0.717) is 5.82 Å². The molecule has 2 heterocycles. The molecule has 0 saturated heterocycles. The highest BCUT2D eigenvalue weighted by Gasteiger charge is 2.21. The van der Waals surface area contributed by atoms with E-state index in [4.69, 9.17) is 9.97 Å². The normalized spacial score (nSPS) is 11.6. The van der Waals surface area contributed by atoms with Crippen LogP contribution in [0.25, 0.3) is 127 Å². The molecule has 0 saturated carbocycles. The standard InChI is InChI=1S/C64H41N3/c1-4-18-46(19-5-1)61-52-26-13-12-25-51(52)60(55-40-39-44-17-10-11-24-50(44)63(55)61)47-37-33-43(34-38-47)42-31-35-45(36-32-42)56-41-57(66-64(65-56)48-20-6-2-7-21-48)53-28-16-30-59-62(53)54-27-14-15-29-58(54)67(59)49-22-8-3-9-23-49/h1-41H. The highest BCUT2D eigenvalue weighted by Crippen LogP contribution is 2.47. The third-order valence-electron chi connectivity index (χ3n) is 13.4. The molecule has 0 bridgehead atoms. The second-order valence-corrected chi connectivity index (χ2v) is 17.2. The van der Waals surface area contributed by atoms with Crippen molar-refractivity contribution in [1.82, 2.24) is 14.5 Å². The summed E-state index contributed by atoms with van der Waals surface area (Å²) in [7, 11) is 0. The zero-order valence-corrected chi connectivity index (χ0v) is 36.5. The Morgan fingerprint density at radius 1 is 0.284 bits per heavy atom. The summed E-state index contributed by atoms with van der Waals surface area (Å²) in [5.41, 5.74) is 15.5. The van der Waals surface area contributed by atoms with Crippen molar-refractivity contribution >= 4 is 54.1 Å². The van der Waals surface area contributed by atoms with Crippen molar-refractivity contribution in [2.45, 2.75) is 0 Å². The third-order valence-corrected chi connectivity index (χ3v) is 13.4. The molecule has 0 atom stereocenters. The van der Waals surface area contributed by atoms with Crippen LogP contribution in [0.15, 0.2) is 249 Å². The molecule has 0 amide bonds. The van der Waals surface area contributed by atoms with Crippen LogP contribution in [-0.2, 0) is 0 Å². The topological polar surface area (TPSA) is 30.7 Å². The van der Waals surface area contributed by atoms with Crippen LogP contribution in [0.5, 0.6) is 0 Å². The Balaban J connectivity index is 0.911. The van der Waals surface area contributed by atoms with Gasteiger partial charge in [-0.3, -0.25) is 0 Å². The molecule has 13 aromatic rings. The minimum atomic E-state index is 0.696. The summed E-state index contributed by atoms with van der Waals surface area (Å²) in [5, 5.41) is 9.92. The SMILES string of the molecule is c1ccc(-c2nc(-c3ccc(-c4ccc(-c5c6ccccc6c(-c6ccccc6)c6c5ccc5ccccc56)cc4)cc3)cc(-c3cccc4c3c3ccccc3n4-c3ccccc3)n2)cc1. The first kappa shape index (κ1) is 38.5. The molecular weight excluding hydrogens is 811 g/mol. The van der Waals surface area contributed by atoms with Gasteiger partial charge in [0.25, 0.3) is 0 Å². The summed E-state index contributed by atoms with van der Waals surface area (Å²) < 4.78 is 2.35. The lowest BCUT2D eigenvalue weighted by Crippen LogP contribution is -1.96. The first-order valence-electron chi connectivity index (χ1n) is 22.9. The summed E-state index contributed by atoms with van der Waals surface area (Å²) in [6, 6.07) is 89.3. The maximum Gasteiger partial charge on any atom is 0.160 e. The highest BCUT2D eigenvalue weighted by atomic mass is 15.0. The van der Waals surface area contributed by atoms with E-state index in [1.807, 2.05) is 18.2 Å². The summed E-state index contributed by atoms with van der Waals surface area (Å²) in [5.74, 6) is 0.696. The quantitative estimate of drug-likeness (QED) is 0.118. The Labute approximate surface area is 388 Å². The maximum absolute atomic E-state index is 5.29. The van der Waals surface area contributed by atoms with Crippen LogP contribution < -0.4 is 0 Å². The fraction of sp³-hybridized carbons (Fsp3) is 0. The Kier molecular flexibility index (Phi) is 9.17. The monoisotopic (exact) mass is 851 g/mol. The van der Waals surface area contributed by atoms with Gasteiger partial charge in [-0.25, -0.2) is 9.97 Å². The number of aromatic nitrogens is 3. The second-order valence-electron chi connectivity index (χ2n) is 17.2. The van der Waals surface area contributed by atoms with Gasteiger partial charge in [0.05, 0.1) is 22.4 Å². The van der Waals surface area contributed by atoms with Crippen molar-refractivity contribution in [3.63, 3.8) is 0 Å². The van der Waals surface area contributed by atoms with E-state index in [1.54, 1.807) is 0 Å². The van der Waals surface area contributed by atoms with Gasteiger partial charge in [-0.2, -0.15) is 0 Å². The lowest BCUT2D eigenvalue weighted by atomic mass is 9.84. The average molecular weight is 852 g/mol. The Morgan fingerprint density at radius 2 is 0.806 bits per heavy atom. The predicted octanol–water partition coefficient (Wildman–Crippen LogP) is 17.0. The summed E-state index contributed by atoms with van der Waals surface area (Å²) in [6.07, 6.45) is 0. The van der Waals surface area contributed by atoms with Crippen molar-refractivity contribution in [2.75, 3.05) is 0 Å². The molecule has 2 aromatic heterocycles. The molecule has 3 nitrogen and oxygen atoms in total. The van der Waals surface area contributed by atoms with Crippen LogP contribution >= 0.6 is 0 Å². The van der Waals surface area contributed by atoms with Gasteiger partial charge in [0, 0.05) is 33.2 Å². The van der Waals surface area contributed by atoms with Crippen LogP contribution in [0.1, 0.15) is 0 Å². The van der Waals surface area contributed by atoms with E-state index < -0.39 is 0 Å². The van der Waals surface area contributed by atoms with E-state index in [2.05, 4.69) is 235 Å². The van der Waals surface area contributed by atoms with Gasteiger partial charge in [0.1, 0.15) is 0 Å². The number of para-hydroxylation sites is 2. The number of fused-ring (bicyclic) bond motifs is 7. The molecule has 0 radical (unpaired) electrons. The smallest absolute Gasteiger partial charge is 0.160 e. The Hall–Kier alpha value is -8.92. The highest BCUT2D eigenvalue weighted by molar-refractivity contribution is 6.28. The molecule has 0 fully saturated rings. The molecule has 312 valence electrons. The first-order chi connectivity index (χ1) is 33.2. The summed E-state index contributed by atoms with van der Waals surface area (Å²) >= 11 is 0. The minimum Gasteiger partial charge on any atom is -0.309 e. The van der Waals surface area contributed by atoms with Crippen LogP contribution in [-0.4, -0.2) is 14.5 Å². The number of rotatable bonds is 7. The van der Waals surface area contributed by atoms with Crippen molar-refractivity contribution in [3.05, 3.63) is 249 Å². The lowest BCUT2D eigenvalue weighted by Gasteiger charge is -2.19. The molecule has 0 aliphatic heterocycles. The van der Waals surface area contributed by atoms with E-state index in [9.17, 15) is 0 Å². The molecular formula is C64H41N3. The van der Waals surface area contributed by atoms with Gasteiger partial charge < -0.3 is 4.57 Å². The Morgan fingerprint density at radius 3 is 1.52 bits per heavy atom. The predicted molar refractivity (Wildman–Crippen MR) is 282 cm³/mol. The minimum absolute atomic E-state index is 0.696.